The molecule has 2 rings (SSSR count). The Hall–Kier alpha value is -1.04. The van der Waals surface area contributed by atoms with E-state index >= 15 is 0 Å². The smallest absolute Gasteiger partial charge is 0.131 e. The molecule has 0 bridgehead atoms. The molecule has 17 heavy (non-hydrogen) atoms. The predicted molar refractivity (Wildman–Crippen MR) is 60.6 cm³/mol. The summed E-state index contributed by atoms with van der Waals surface area (Å²) in [5.74, 6) is -1.19. The SMILES string of the molecule is OC[C@@H](c1c(F)cccc1F)N1CCNCC1. The molecule has 1 aliphatic rings. The van der Waals surface area contributed by atoms with Crippen molar-refractivity contribution in [3.8, 4) is 0 Å². The van der Waals surface area contributed by atoms with Gasteiger partial charge in [-0.2, -0.15) is 0 Å². The van der Waals surface area contributed by atoms with Crippen molar-refractivity contribution < 1.29 is 13.9 Å². The molecule has 0 spiro atoms. The summed E-state index contributed by atoms with van der Waals surface area (Å²) >= 11 is 0. The third-order valence-corrected chi connectivity index (χ3v) is 3.10. The molecule has 0 amide bonds. The molecule has 1 saturated heterocycles. The molecule has 5 heteroatoms. The van der Waals surface area contributed by atoms with Gasteiger partial charge in [0.2, 0.25) is 0 Å². The molecule has 1 heterocycles. The summed E-state index contributed by atoms with van der Waals surface area (Å²) in [6.07, 6.45) is 0. The molecule has 0 saturated carbocycles. The van der Waals surface area contributed by atoms with E-state index in [0.717, 1.165) is 13.1 Å². The van der Waals surface area contributed by atoms with Crippen molar-refractivity contribution in [2.45, 2.75) is 6.04 Å². The first-order chi connectivity index (χ1) is 8.24. The Balaban J connectivity index is 2.27. The summed E-state index contributed by atoms with van der Waals surface area (Å²) < 4.78 is 27.3. The Morgan fingerprint density at radius 3 is 2.35 bits per heavy atom. The van der Waals surface area contributed by atoms with E-state index < -0.39 is 17.7 Å². The number of piperazine rings is 1. The maximum absolute atomic E-state index is 13.6. The number of hydrogen-bond donors (Lipinski definition) is 2. The minimum atomic E-state index is -0.599. The number of nitrogens with zero attached hydrogens (tertiary/aromatic N) is 1. The molecule has 1 atom stereocenters. The molecule has 3 nitrogen and oxygen atoms in total. The second-order valence-corrected chi connectivity index (χ2v) is 4.12. The first-order valence-corrected chi connectivity index (χ1v) is 5.73. The van der Waals surface area contributed by atoms with E-state index in [1.165, 1.54) is 18.2 Å². The molecular formula is C12H16F2N2O. The van der Waals surface area contributed by atoms with Crippen molar-refractivity contribution in [3.63, 3.8) is 0 Å². The van der Waals surface area contributed by atoms with Crippen molar-refractivity contribution in [1.29, 1.82) is 0 Å². The number of benzene rings is 1. The highest BCUT2D eigenvalue weighted by Crippen LogP contribution is 2.25. The lowest BCUT2D eigenvalue weighted by molar-refractivity contribution is 0.105. The Kier molecular flexibility index (Phi) is 4.04. The van der Waals surface area contributed by atoms with Crippen molar-refractivity contribution >= 4 is 0 Å². The first-order valence-electron chi connectivity index (χ1n) is 5.73. The summed E-state index contributed by atoms with van der Waals surface area (Å²) in [5.41, 5.74) is -0.0306. The first kappa shape index (κ1) is 12.4. The zero-order chi connectivity index (χ0) is 12.3. The van der Waals surface area contributed by atoms with Crippen LogP contribution in [0.4, 0.5) is 8.78 Å². The van der Waals surface area contributed by atoms with Gasteiger partial charge in [0.1, 0.15) is 11.6 Å². The fourth-order valence-corrected chi connectivity index (χ4v) is 2.21. The second kappa shape index (κ2) is 5.53. The average molecular weight is 242 g/mol. The van der Waals surface area contributed by atoms with Crippen LogP contribution in [0.3, 0.4) is 0 Å². The van der Waals surface area contributed by atoms with E-state index in [4.69, 9.17) is 0 Å². The normalized spacial score (nSPS) is 19.2. The largest absolute Gasteiger partial charge is 0.394 e. The number of aliphatic hydroxyl groups is 1. The van der Waals surface area contributed by atoms with Crippen LogP contribution in [0, 0.1) is 11.6 Å². The van der Waals surface area contributed by atoms with Crippen LogP contribution in [0.2, 0.25) is 0 Å². The van der Waals surface area contributed by atoms with Gasteiger partial charge in [-0.1, -0.05) is 6.07 Å². The fourth-order valence-electron chi connectivity index (χ4n) is 2.21. The number of rotatable bonds is 3. The third-order valence-electron chi connectivity index (χ3n) is 3.10. The van der Waals surface area contributed by atoms with Gasteiger partial charge in [0, 0.05) is 31.7 Å². The molecule has 1 fully saturated rings. The van der Waals surface area contributed by atoms with Gasteiger partial charge in [-0.15, -0.1) is 0 Å². The molecule has 2 N–H and O–H groups in total. The van der Waals surface area contributed by atoms with E-state index in [-0.39, 0.29) is 12.2 Å². The van der Waals surface area contributed by atoms with E-state index in [0.29, 0.717) is 13.1 Å². The Morgan fingerprint density at radius 2 is 1.82 bits per heavy atom. The van der Waals surface area contributed by atoms with Crippen molar-refractivity contribution in [2.24, 2.45) is 0 Å². The van der Waals surface area contributed by atoms with E-state index in [2.05, 4.69) is 5.32 Å². The zero-order valence-corrected chi connectivity index (χ0v) is 9.50. The standard InChI is InChI=1S/C12H16F2N2O/c13-9-2-1-3-10(14)12(9)11(8-17)16-6-4-15-5-7-16/h1-3,11,15,17H,4-8H2/t11-/m0/s1. The minimum absolute atomic E-state index is 0.0306. The third kappa shape index (κ3) is 2.62. The highest BCUT2D eigenvalue weighted by Gasteiger charge is 2.26. The quantitative estimate of drug-likeness (QED) is 0.826. The summed E-state index contributed by atoms with van der Waals surface area (Å²) in [4.78, 5) is 1.90. The van der Waals surface area contributed by atoms with Gasteiger partial charge in [-0.25, -0.2) is 8.78 Å². The fraction of sp³-hybridized carbons (Fsp3) is 0.500. The Labute approximate surface area is 99.1 Å². The van der Waals surface area contributed by atoms with Gasteiger partial charge < -0.3 is 10.4 Å². The van der Waals surface area contributed by atoms with Gasteiger partial charge in [0.15, 0.2) is 0 Å². The van der Waals surface area contributed by atoms with Crippen molar-refractivity contribution in [3.05, 3.63) is 35.4 Å². The van der Waals surface area contributed by atoms with E-state index in [1.54, 1.807) is 0 Å². The highest BCUT2D eigenvalue weighted by atomic mass is 19.1. The van der Waals surface area contributed by atoms with Crippen LogP contribution in [0.1, 0.15) is 11.6 Å². The lowest BCUT2D eigenvalue weighted by Gasteiger charge is -2.34. The number of halogens is 2. The van der Waals surface area contributed by atoms with E-state index in [1.807, 2.05) is 4.90 Å². The molecule has 1 aliphatic heterocycles. The Bertz CT molecular complexity index is 361. The molecule has 0 aromatic heterocycles. The van der Waals surface area contributed by atoms with Gasteiger partial charge in [-0.3, -0.25) is 4.90 Å². The van der Waals surface area contributed by atoms with Gasteiger partial charge in [0.05, 0.1) is 12.6 Å². The minimum Gasteiger partial charge on any atom is -0.394 e. The molecule has 0 aliphatic carbocycles. The summed E-state index contributed by atoms with van der Waals surface area (Å²) in [5, 5.41) is 12.5. The summed E-state index contributed by atoms with van der Waals surface area (Å²) in [6, 6.07) is 3.19. The zero-order valence-electron chi connectivity index (χ0n) is 9.50. The number of hydrogen-bond acceptors (Lipinski definition) is 3. The van der Waals surface area contributed by atoms with Crippen LogP contribution in [0.15, 0.2) is 18.2 Å². The van der Waals surface area contributed by atoms with Crippen LogP contribution < -0.4 is 5.32 Å². The molecule has 0 radical (unpaired) electrons. The van der Waals surface area contributed by atoms with E-state index in [9.17, 15) is 13.9 Å². The number of aliphatic hydroxyl groups excluding tert-OH is 1. The lowest BCUT2D eigenvalue weighted by Crippen LogP contribution is -2.46. The maximum atomic E-state index is 13.6. The predicted octanol–water partition coefficient (Wildman–Crippen LogP) is 0.903. The molecule has 1 aromatic rings. The van der Waals surface area contributed by atoms with Crippen LogP contribution in [-0.2, 0) is 0 Å². The highest BCUT2D eigenvalue weighted by molar-refractivity contribution is 5.23. The summed E-state index contributed by atoms with van der Waals surface area (Å²) in [6.45, 7) is 2.62. The topological polar surface area (TPSA) is 35.5 Å². The molecular weight excluding hydrogens is 226 g/mol. The van der Waals surface area contributed by atoms with Crippen LogP contribution in [0.5, 0.6) is 0 Å². The number of nitrogens with one attached hydrogen (secondary N) is 1. The maximum Gasteiger partial charge on any atom is 0.131 e. The van der Waals surface area contributed by atoms with Crippen LogP contribution >= 0.6 is 0 Å². The summed E-state index contributed by atoms with van der Waals surface area (Å²) in [7, 11) is 0. The van der Waals surface area contributed by atoms with Crippen molar-refractivity contribution in [2.75, 3.05) is 32.8 Å². The Morgan fingerprint density at radius 1 is 1.24 bits per heavy atom. The molecule has 0 unspecified atom stereocenters. The van der Waals surface area contributed by atoms with Crippen LogP contribution in [0.25, 0.3) is 0 Å². The van der Waals surface area contributed by atoms with Gasteiger partial charge >= 0.3 is 0 Å². The van der Waals surface area contributed by atoms with Gasteiger partial charge in [0.25, 0.3) is 0 Å². The molecule has 94 valence electrons. The monoisotopic (exact) mass is 242 g/mol. The molecule has 1 aromatic carbocycles. The van der Waals surface area contributed by atoms with Crippen LogP contribution in [-0.4, -0.2) is 42.8 Å². The van der Waals surface area contributed by atoms with Gasteiger partial charge in [-0.05, 0) is 12.1 Å². The van der Waals surface area contributed by atoms with Crippen molar-refractivity contribution in [1.82, 2.24) is 10.2 Å². The second-order valence-electron chi connectivity index (χ2n) is 4.12. The average Bonchev–Trinajstić information content (AvgIpc) is 2.35. The lowest BCUT2D eigenvalue weighted by atomic mass is 10.0.